The summed E-state index contributed by atoms with van der Waals surface area (Å²) < 4.78 is 62.5. The molecule has 0 atom stereocenters. The first kappa shape index (κ1) is 36.2. The van der Waals surface area contributed by atoms with Crippen molar-refractivity contribution >= 4 is 51.0 Å². The summed E-state index contributed by atoms with van der Waals surface area (Å²) in [6.07, 6.45) is -2.47. The molecule has 0 saturated heterocycles. The quantitative estimate of drug-likeness (QED) is 0.0718. The number of hydrogen-bond donors (Lipinski definition) is 1. The number of halogens is 4. The number of ether oxygens (including phenoxy) is 3. The smallest absolute Gasteiger partial charge is 0.354 e. The zero-order chi connectivity index (χ0) is 36.4. The Balaban J connectivity index is 1.31. The molecule has 2 heterocycles. The molecule has 0 aliphatic heterocycles. The van der Waals surface area contributed by atoms with E-state index in [4.69, 9.17) is 25.8 Å². The number of aliphatic hydroxyl groups excluding tert-OH is 1. The van der Waals surface area contributed by atoms with Gasteiger partial charge in [0.15, 0.2) is 0 Å². The van der Waals surface area contributed by atoms with Gasteiger partial charge in [0, 0.05) is 56.7 Å². The fourth-order valence-corrected chi connectivity index (χ4v) is 7.63. The lowest BCUT2D eigenvalue weighted by atomic mass is 9.96. The summed E-state index contributed by atoms with van der Waals surface area (Å²) in [5.74, 6) is 1.09. The molecule has 0 unspecified atom stereocenters. The summed E-state index contributed by atoms with van der Waals surface area (Å²) in [6.45, 7) is 1.66. The molecule has 1 N–H and O–H groups in total. The van der Waals surface area contributed by atoms with E-state index in [1.807, 2.05) is 36.4 Å². The molecule has 0 spiro atoms. The lowest BCUT2D eigenvalue weighted by Crippen LogP contribution is -2.13. The largest absolute Gasteiger partial charge is 0.497 e. The van der Waals surface area contributed by atoms with Crippen molar-refractivity contribution in [2.24, 2.45) is 7.05 Å². The Kier molecular flexibility index (Phi) is 10.8. The van der Waals surface area contributed by atoms with Gasteiger partial charge in [0.25, 0.3) is 6.43 Å². The summed E-state index contributed by atoms with van der Waals surface area (Å²) in [7, 11) is 4.27. The van der Waals surface area contributed by atoms with Crippen molar-refractivity contribution in [1.82, 2.24) is 14.3 Å². The maximum Gasteiger partial charge on any atom is 0.354 e. The summed E-state index contributed by atoms with van der Waals surface area (Å²) in [4.78, 5) is 14.1. The van der Waals surface area contributed by atoms with Crippen molar-refractivity contribution in [2.45, 2.75) is 43.6 Å². The van der Waals surface area contributed by atoms with Gasteiger partial charge in [-0.3, -0.25) is 4.68 Å². The highest BCUT2D eigenvalue weighted by Gasteiger charge is 2.30. The first-order chi connectivity index (χ1) is 24.6. The fourth-order valence-electron chi connectivity index (χ4n) is 6.45. The van der Waals surface area contributed by atoms with Crippen molar-refractivity contribution in [1.29, 1.82) is 0 Å². The molecule has 266 valence electrons. The van der Waals surface area contributed by atoms with Crippen LogP contribution in [0, 0.1) is 12.7 Å². The Hall–Kier alpha value is -4.65. The molecule has 0 fully saturated rings. The highest BCUT2D eigenvalue weighted by molar-refractivity contribution is 7.98. The third-order valence-electron chi connectivity index (χ3n) is 8.77. The van der Waals surface area contributed by atoms with Gasteiger partial charge in [-0.15, -0.1) is 11.8 Å². The molecule has 8 nitrogen and oxygen atoms in total. The van der Waals surface area contributed by atoms with Crippen LogP contribution < -0.4 is 9.47 Å². The van der Waals surface area contributed by atoms with Gasteiger partial charge in [-0.25, -0.2) is 18.0 Å². The Bertz CT molecular complexity index is 2240. The Morgan fingerprint density at radius 2 is 1.80 bits per heavy atom. The highest BCUT2D eigenvalue weighted by Crippen LogP contribution is 2.44. The second kappa shape index (κ2) is 15.3. The van der Waals surface area contributed by atoms with Gasteiger partial charge < -0.3 is 23.9 Å². The van der Waals surface area contributed by atoms with E-state index in [0.29, 0.717) is 46.3 Å². The molecule has 4 aromatic carbocycles. The second-order valence-corrected chi connectivity index (χ2v) is 13.3. The molecular formula is C38H35ClF3N3O5S. The van der Waals surface area contributed by atoms with Crippen molar-refractivity contribution in [3.8, 4) is 22.6 Å². The average molecular weight is 738 g/mol. The monoisotopic (exact) mass is 737 g/mol. The topological polar surface area (TPSA) is 87.7 Å². The van der Waals surface area contributed by atoms with E-state index in [-0.39, 0.29) is 40.0 Å². The van der Waals surface area contributed by atoms with Crippen LogP contribution in [-0.4, -0.2) is 46.2 Å². The number of methoxy groups -OCH3 is 2. The number of nitrogens with zero attached hydrogens (tertiary/aromatic N) is 3. The first-order valence-electron chi connectivity index (χ1n) is 16.0. The number of benzene rings is 4. The third-order valence-corrected chi connectivity index (χ3v) is 10.1. The molecule has 6 rings (SSSR count). The van der Waals surface area contributed by atoms with E-state index in [2.05, 4.69) is 5.10 Å². The number of rotatable bonds is 13. The van der Waals surface area contributed by atoms with E-state index in [1.54, 1.807) is 48.6 Å². The van der Waals surface area contributed by atoms with Gasteiger partial charge in [0.2, 0.25) is 0 Å². The van der Waals surface area contributed by atoms with Crippen LogP contribution in [0.5, 0.6) is 11.5 Å². The van der Waals surface area contributed by atoms with Crippen LogP contribution in [0.4, 0.5) is 13.2 Å². The summed E-state index contributed by atoms with van der Waals surface area (Å²) >= 11 is 8.29. The van der Waals surface area contributed by atoms with E-state index in [0.717, 1.165) is 26.3 Å². The standard InChI is InChI=1S/C38H35ClF3N3O5S/c1-21-32-30(13-12-28(39)33(32)34-29(19-46)43-44(2)36(34)37(41)42)45(35(21)38(47)49-4)14-5-15-50-31-18-26(17-23-16-24(40)8-11-27(23)31)51-20-22-6-9-25(48-3)10-7-22/h6-13,16-18,37,46H,5,14-15,19-20H2,1-4H3. The highest BCUT2D eigenvalue weighted by atomic mass is 35.5. The average Bonchev–Trinajstić information content (AvgIpc) is 3.61. The number of thioether (sulfide) groups is 1. The number of aromatic nitrogens is 3. The van der Waals surface area contributed by atoms with Crippen LogP contribution in [0.15, 0.2) is 71.6 Å². The molecule has 0 radical (unpaired) electrons. The van der Waals surface area contributed by atoms with Gasteiger partial charge in [0.1, 0.15) is 28.7 Å². The third kappa shape index (κ3) is 7.13. The minimum Gasteiger partial charge on any atom is -0.497 e. The van der Waals surface area contributed by atoms with Crippen LogP contribution in [0.2, 0.25) is 5.02 Å². The van der Waals surface area contributed by atoms with Crippen molar-refractivity contribution in [3.63, 3.8) is 0 Å². The predicted molar refractivity (Wildman–Crippen MR) is 193 cm³/mol. The second-order valence-electron chi connectivity index (χ2n) is 11.8. The number of alkyl halides is 2. The van der Waals surface area contributed by atoms with Crippen LogP contribution in [0.3, 0.4) is 0 Å². The molecule has 0 bridgehead atoms. The normalized spacial score (nSPS) is 11.6. The lowest BCUT2D eigenvalue weighted by Gasteiger charge is -2.14. The Labute approximate surface area is 301 Å². The number of carbonyl (C=O) groups excluding carboxylic acids is 1. The van der Waals surface area contributed by atoms with Crippen molar-refractivity contribution < 1.29 is 37.3 Å². The van der Waals surface area contributed by atoms with Crippen LogP contribution in [0.1, 0.15) is 45.8 Å². The number of aliphatic hydroxyl groups is 1. The molecule has 13 heteroatoms. The van der Waals surface area contributed by atoms with Gasteiger partial charge >= 0.3 is 5.97 Å². The van der Waals surface area contributed by atoms with E-state index in [9.17, 15) is 23.1 Å². The van der Waals surface area contributed by atoms with E-state index < -0.39 is 24.7 Å². The molecule has 0 amide bonds. The fraction of sp³-hybridized carbons (Fsp3) is 0.263. The Morgan fingerprint density at radius 3 is 2.49 bits per heavy atom. The summed E-state index contributed by atoms with van der Waals surface area (Å²) in [5.41, 5.74) is 2.31. The minimum atomic E-state index is -2.91. The SMILES string of the molecule is COC(=O)c1c(C)c2c(-c3c(CO)nn(C)c3C(F)F)c(Cl)ccc2n1CCCOc1cc(SCc2ccc(OC)cc2)cc2cc(F)ccc12. The van der Waals surface area contributed by atoms with Crippen LogP contribution >= 0.6 is 23.4 Å². The zero-order valence-electron chi connectivity index (χ0n) is 28.3. The molecule has 0 saturated carbocycles. The van der Waals surface area contributed by atoms with E-state index >= 15 is 0 Å². The van der Waals surface area contributed by atoms with Gasteiger partial charge in [0.05, 0.1) is 33.1 Å². The maximum atomic E-state index is 14.4. The molecular weight excluding hydrogens is 703 g/mol. The van der Waals surface area contributed by atoms with E-state index in [1.165, 1.54) is 26.3 Å². The molecule has 0 aliphatic carbocycles. The van der Waals surface area contributed by atoms with Crippen LogP contribution in [0.25, 0.3) is 32.8 Å². The number of aryl methyl sites for hydroxylation is 3. The molecule has 0 aliphatic rings. The number of fused-ring (bicyclic) bond motifs is 2. The number of esters is 1. The summed E-state index contributed by atoms with van der Waals surface area (Å²) in [5, 5.41) is 16.3. The van der Waals surface area contributed by atoms with Crippen molar-refractivity contribution in [2.75, 3.05) is 20.8 Å². The maximum absolute atomic E-state index is 14.4. The predicted octanol–water partition coefficient (Wildman–Crippen LogP) is 9.28. The Morgan fingerprint density at radius 1 is 1.04 bits per heavy atom. The van der Waals surface area contributed by atoms with Crippen LogP contribution in [-0.2, 0) is 30.7 Å². The molecule has 2 aromatic heterocycles. The lowest BCUT2D eigenvalue weighted by molar-refractivity contribution is 0.0587. The summed E-state index contributed by atoms with van der Waals surface area (Å²) in [6, 6.07) is 19.5. The first-order valence-corrected chi connectivity index (χ1v) is 17.4. The zero-order valence-corrected chi connectivity index (χ0v) is 29.9. The molecule has 51 heavy (non-hydrogen) atoms. The van der Waals surface area contributed by atoms with Gasteiger partial charge in [-0.2, -0.15) is 5.10 Å². The van der Waals surface area contributed by atoms with Gasteiger partial charge in [-0.05, 0) is 84.5 Å². The number of carbonyl (C=O) groups is 1. The molecule has 6 aromatic rings. The minimum absolute atomic E-state index is 0.0265. The number of hydrogen-bond acceptors (Lipinski definition) is 7. The van der Waals surface area contributed by atoms with Crippen molar-refractivity contribution in [3.05, 3.63) is 106 Å². The van der Waals surface area contributed by atoms with Gasteiger partial charge in [-0.1, -0.05) is 23.7 Å².